The van der Waals surface area contributed by atoms with Crippen LogP contribution in [0.2, 0.25) is 0 Å². The molecule has 2 saturated carbocycles. The number of hydrogen-bond donors (Lipinski definition) is 4. The lowest BCUT2D eigenvalue weighted by molar-refractivity contribution is -0.275. The third-order valence-corrected chi connectivity index (χ3v) is 6.65. The first-order valence-electron chi connectivity index (χ1n) is 12.2. The zero-order valence-electron chi connectivity index (χ0n) is 20.3. The van der Waals surface area contributed by atoms with Crippen LogP contribution in [0.15, 0.2) is 36.1 Å². The van der Waals surface area contributed by atoms with Crippen molar-refractivity contribution in [3.05, 3.63) is 36.1 Å². The first-order chi connectivity index (χ1) is 14.5. The maximum Gasteiger partial charge on any atom is 0.0939 e. The molecule has 0 aromatic carbocycles. The first-order valence-corrected chi connectivity index (χ1v) is 12.2. The molecule has 3 rings (SSSR count). The van der Waals surface area contributed by atoms with Crippen molar-refractivity contribution >= 4 is 0 Å². The molecule has 0 spiro atoms. The van der Waals surface area contributed by atoms with Gasteiger partial charge in [0.15, 0.2) is 0 Å². The molecule has 0 unspecified atom stereocenters. The van der Waals surface area contributed by atoms with Crippen molar-refractivity contribution in [2.45, 2.75) is 116 Å². The molecule has 0 aromatic rings. The molecule has 2 fully saturated rings. The average Bonchev–Trinajstić information content (AvgIpc) is 3.14. The van der Waals surface area contributed by atoms with E-state index < -0.39 is 11.2 Å². The van der Waals surface area contributed by atoms with E-state index in [1.807, 2.05) is 39.8 Å². The monoisotopic (exact) mass is 437 g/mol. The number of rotatable bonds is 3. The fourth-order valence-corrected chi connectivity index (χ4v) is 4.50. The van der Waals surface area contributed by atoms with Crippen LogP contribution in [0.25, 0.3) is 0 Å². The topological polar surface area (TPSA) is 84.2 Å². The molecule has 0 bridgehead atoms. The van der Waals surface area contributed by atoms with Crippen LogP contribution in [0.3, 0.4) is 0 Å². The highest BCUT2D eigenvalue weighted by Gasteiger charge is 2.28. The molecule has 4 N–H and O–H groups in total. The van der Waals surface area contributed by atoms with E-state index in [9.17, 15) is 10.2 Å². The van der Waals surface area contributed by atoms with Gasteiger partial charge in [-0.15, -0.1) is 5.23 Å². The van der Waals surface area contributed by atoms with Gasteiger partial charge in [-0.1, -0.05) is 63.2 Å². The van der Waals surface area contributed by atoms with Crippen LogP contribution in [0, 0.1) is 11.8 Å². The molecule has 180 valence electrons. The number of nitrogens with zero attached hydrogens (tertiary/aromatic N) is 1. The van der Waals surface area contributed by atoms with Crippen LogP contribution in [-0.4, -0.2) is 37.1 Å². The highest BCUT2D eigenvalue weighted by Crippen LogP contribution is 2.32. The Bertz CT molecular complexity index is 553. The Morgan fingerprint density at radius 2 is 1.13 bits per heavy atom. The second kappa shape index (κ2) is 14.1. The van der Waals surface area contributed by atoms with E-state index >= 15 is 0 Å². The van der Waals surface area contributed by atoms with E-state index in [1.54, 1.807) is 18.2 Å². The quantitative estimate of drug-likeness (QED) is 0.298. The van der Waals surface area contributed by atoms with Gasteiger partial charge in [-0.2, -0.15) is 0 Å². The second-order valence-electron chi connectivity index (χ2n) is 10.3. The molecule has 3 aliphatic carbocycles. The van der Waals surface area contributed by atoms with Crippen molar-refractivity contribution in [1.29, 1.82) is 0 Å². The van der Waals surface area contributed by atoms with Gasteiger partial charge in [0.1, 0.15) is 0 Å². The zero-order valence-corrected chi connectivity index (χ0v) is 20.3. The summed E-state index contributed by atoms with van der Waals surface area (Å²) in [5.74, 6) is 1.10. The van der Waals surface area contributed by atoms with E-state index in [0.29, 0.717) is 17.5 Å². The standard InChI is InChI=1S/C10H20O.C9H18O.C7H9NO2/c1-10(2,11)9-7-5-3-4-6-8-9;1-9(2,10)8-6-4-3-5-7-8;9-8(10)7-5-3-1-2-4-6-7/h9,11H,3-8H2,1-2H3;8,10H,3-7H2,1-2H3;1,3-6,9-10H,2H2. The minimum absolute atomic E-state index is 0.103. The normalized spacial score (nSPS) is 21.0. The van der Waals surface area contributed by atoms with Crippen molar-refractivity contribution in [2.75, 3.05) is 0 Å². The van der Waals surface area contributed by atoms with Gasteiger partial charge in [0.2, 0.25) is 0 Å². The van der Waals surface area contributed by atoms with Crippen molar-refractivity contribution < 1.29 is 20.6 Å². The summed E-state index contributed by atoms with van der Waals surface area (Å²) in [6.07, 6.45) is 23.9. The Morgan fingerprint density at radius 3 is 1.52 bits per heavy atom. The molecular formula is C26H47NO4. The summed E-state index contributed by atoms with van der Waals surface area (Å²) in [4.78, 5) is 0. The highest BCUT2D eigenvalue weighted by atomic mass is 16.8. The molecule has 0 saturated heterocycles. The Morgan fingerprint density at radius 1 is 0.710 bits per heavy atom. The van der Waals surface area contributed by atoms with Gasteiger partial charge in [-0.25, -0.2) is 0 Å². The third kappa shape index (κ3) is 12.5. The fraction of sp³-hybridized carbons (Fsp3) is 0.769. The third-order valence-electron chi connectivity index (χ3n) is 6.65. The molecule has 3 aliphatic rings. The predicted octanol–water partition coefficient (Wildman–Crippen LogP) is 6.53. The summed E-state index contributed by atoms with van der Waals surface area (Å²) in [5.41, 5.74) is -0.501. The summed E-state index contributed by atoms with van der Waals surface area (Å²) >= 11 is 0. The van der Waals surface area contributed by atoms with Crippen molar-refractivity contribution in [3.63, 3.8) is 0 Å². The van der Waals surface area contributed by atoms with Crippen molar-refractivity contribution in [1.82, 2.24) is 5.23 Å². The van der Waals surface area contributed by atoms with Crippen LogP contribution < -0.4 is 0 Å². The average molecular weight is 438 g/mol. The maximum absolute atomic E-state index is 9.77. The summed E-state index contributed by atoms with van der Waals surface area (Å²) in [5, 5.41) is 36.6. The molecule has 0 heterocycles. The van der Waals surface area contributed by atoms with Crippen LogP contribution in [0.1, 0.15) is 105 Å². The van der Waals surface area contributed by atoms with Gasteiger partial charge < -0.3 is 10.2 Å². The number of hydrogen-bond acceptors (Lipinski definition) is 5. The lowest BCUT2D eigenvalue weighted by atomic mass is 9.79. The summed E-state index contributed by atoms with van der Waals surface area (Å²) < 4.78 is 0. The van der Waals surface area contributed by atoms with Gasteiger partial charge in [-0.05, 0) is 83.8 Å². The lowest BCUT2D eigenvalue weighted by Crippen LogP contribution is -2.32. The largest absolute Gasteiger partial charge is 0.390 e. The fourth-order valence-electron chi connectivity index (χ4n) is 4.50. The summed E-state index contributed by atoms with van der Waals surface area (Å²) in [6.45, 7) is 7.76. The Balaban J connectivity index is 0.000000233. The Kier molecular flexibility index (Phi) is 12.7. The minimum Gasteiger partial charge on any atom is -0.390 e. The Hall–Kier alpha value is -1.14. The van der Waals surface area contributed by atoms with Gasteiger partial charge in [0, 0.05) is 0 Å². The molecule has 0 amide bonds. The highest BCUT2D eigenvalue weighted by molar-refractivity contribution is 5.24. The molecule has 31 heavy (non-hydrogen) atoms. The zero-order chi connectivity index (χ0) is 23.3. The van der Waals surface area contributed by atoms with Crippen LogP contribution >= 0.6 is 0 Å². The first kappa shape index (κ1) is 27.9. The van der Waals surface area contributed by atoms with Gasteiger partial charge >= 0.3 is 0 Å². The summed E-state index contributed by atoms with van der Waals surface area (Å²) in [6, 6.07) is 0. The molecule has 0 aromatic heterocycles. The van der Waals surface area contributed by atoms with E-state index in [2.05, 4.69) is 0 Å². The molecule has 0 atom stereocenters. The van der Waals surface area contributed by atoms with Gasteiger partial charge in [0.05, 0.1) is 16.9 Å². The molecule has 0 aliphatic heterocycles. The minimum atomic E-state index is -0.440. The predicted molar refractivity (Wildman–Crippen MR) is 127 cm³/mol. The molecule has 5 heteroatoms. The van der Waals surface area contributed by atoms with Crippen LogP contribution in [0.4, 0.5) is 0 Å². The van der Waals surface area contributed by atoms with E-state index in [-0.39, 0.29) is 5.23 Å². The molecular weight excluding hydrogens is 390 g/mol. The van der Waals surface area contributed by atoms with Gasteiger partial charge in [0.25, 0.3) is 0 Å². The number of hydroxylamine groups is 2. The second-order valence-corrected chi connectivity index (χ2v) is 10.3. The van der Waals surface area contributed by atoms with Crippen molar-refractivity contribution in [2.24, 2.45) is 11.8 Å². The van der Waals surface area contributed by atoms with E-state index in [4.69, 9.17) is 10.4 Å². The van der Waals surface area contributed by atoms with Gasteiger partial charge in [-0.3, -0.25) is 10.4 Å². The number of aliphatic hydroxyl groups is 2. The maximum atomic E-state index is 9.77. The summed E-state index contributed by atoms with van der Waals surface area (Å²) in [7, 11) is 0. The molecule has 5 nitrogen and oxygen atoms in total. The van der Waals surface area contributed by atoms with Crippen molar-refractivity contribution in [3.8, 4) is 0 Å². The SMILES string of the molecule is CC(C)(O)C1CCCCC1.CC(C)(O)C1CCCCCC1.ON(O)C1=CC=CCC=C1. The Labute approximate surface area is 190 Å². The van der Waals surface area contributed by atoms with E-state index in [0.717, 1.165) is 6.42 Å². The number of allylic oxidation sites excluding steroid dienone is 5. The smallest absolute Gasteiger partial charge is 0.0939 e. The lowest BCUT2D eigenvalue weighted by Gasteiger charge is -2.32. The van der Waals surface area contributed by atoms with Crippen LogP contribution in [0.5, 0.6) is 0 Å². The molecule has 0 radical (unpaired) electrons. The van der Waals surface area contributed by atoms with Crippen LogP contribution in [-0.2, 0) is 0 Å². The van der Waals surface area contributed by atoms with E-state index in [1.165, 1.54) is 70.6 Å².